The molecule has 0 radical (unpaired) electrons. The summed E-state index contributed by atoms with van der Waals surface area (Å²) in [6.07, 6.45) is 5.93. The Morgan fingerprint density at radius 1 is 1.30 bits per heavy atom. The van der Waals surface area contributed by atoms with E-state index in [0.29, 0.717) is 10.6 Å². The first-order chi connectivity index (χ1) is 12.6. The zero-order valence-corrected chi connectivity index (χ0v) is 16.7. The molecular weight excluding hydrogens is 352 g/mol. The van der Waals surface area contributed by atoms with E-state index in [1.165, 1.54) is 7.05 Å². The van der Waals surface area contributed by atoms with Crippen molar-refractivity contribution in [2.75, 3.05) is 27.7 Å². The standard InChI is InChI=1S/C8H11NO.C6H8N2O4.C4H11N/c1-3-5-6-7(4-2)8(9)10;1-7-6(11)12-8-4(9)2-3-5(8)10;1-4-5(2)3/h3-6H,1H2,2H3,(H2,9,10);2-3H2,1H3,(H,7,11);4H2,1-3H3/b6-5-,7-4+;;. The lowest BCUT2D eigenvalue weighted by Crippen LogP contribution is -2.35. The Bertz CT molecular complexity index is 566. The van der Waals surface area contributed by atoms with E-state index in [1.54, 1.807) is 31.2 Å². The molecule has 0 aromatic rings. The molecule has 1 aliphatic rings. The van der Waals surface area contributed by atoms with E-state index in [0.717, 1.165) is 6.54 Å². The van der Waals surface area contributed by atoms with Crippen LogP contribution in [0.15, 0.2) is 36.5 Å². The monoisotopic (exact) mass is 382 g/mol. The minimum Gasteiger partial charge on any atom is -0.366 e. The summed E-state index contributed by atoms with van der Waals surface area (Å²) in [6.45, 7) is 8.48. The number of rotatable bonds is 5. The molecule has 9 nitrogen and oxygen atoms in total. The maximum atomic E-state index is 10.8. The highest BCUT2D eigenvalue weighted by Crippen LogP contribution is 2.11. The first-order valence-electron chi connectivity index (χ1n) is 8.29. The van der Waals surface area contributed by atoms with Crippen LogP contribution in [0.2, 0.25) is 0 Å². The second kappa shape index (κ2) is 15.3. The van der Waals surface area contributed by atoms with Gasteiger partial charge in [0.2, 0.25) is 5.91 Å². The van der Waals surface area contributed by atoms with E-state index in [9.17, 15) is 19.2 Å². The quantitative estimate of drug-likeness (QED) is 0.418. The number of imide groups is 1. The van der Waals surface area contributed by atoms with Gasteiger partial charge in [0.05, 0.1) is 0 Å². The van der Waals surface area contributed by atoms with Crippen LogP contribution in [0, 0.1) is 0 Å². The molecule has 9 heteroatoms. The Hall–Kier alpha value is -2.94. The fraction of sp³-hybridized carbons (Fsp3) is 0.444. The van der Waals surface area contributed by atoms with Gasteiger partial charge in [0.1, 0.15) is 0 Å². The average molecular weight is 382 g/mol. The molecule has 152 valence electrons. The molecule has 4 amide bonds. The summed E-state index contributed by atoms with van der Waals surface area (Å²) < 4.78 is 0. The fourth-order valence-electron chi connectivity index (χ4n) is 1.28. The summed E-state index contributed by atoms with van der Waals surface area (Å²) in [5, 5.41) is 2.61. The molecule has 1 aliphatic heterocycles. The fourth-order valence-corrected chi connectivity index (χ4v) is 1.28. The summed E-state index contributed by atoms with van der Waals surface area (Å²) >= 11 is 0. The van der Waals surface area contributed by atoms with Crippen molar-refractivity contribution < 1.29 is 24.0 Å². The molecule has 27 heavy (non-hydrogen) atoms. The van der Waals surface area contributed by atoms with Crippen molar-refractivity contribution in [2.24, 2.45) is 5.73 Å². The lowest BCUT2D eigenvalue weighted by Gasteiger charge is -2.11. The van der Waals surface area contributed by atoms with E-state index in [1.807, 2.05) is 0 Å². The minimum absolute atomic E-state index is 0.107. The number of nitrogens with zero attached hydrogens (tertiary/aromatic N) is 2. The number of hydrogen-bond acceptors (Lipinski definition) is 6. The number of nitrogens with one attached hydrogen (secondary N) is 1. The highest BCUT2D eigenvalue weighted by Gasteiger charge is 2.32. The zero-order chi connectivity index (χ0) is 21.4. The molecule has 0 atom stereocenters. The SMILES string of the molecule is C=C/C=C\C(=C/C)C(N)=O.CCN(C)C.CNC(=O)ON1C(=O)CCC1=O. The molecule has 0 aromatic heterocycles. The van der Waals surface area contributed by atoms with E-state index in [-0.39, 0.29) is 12.8 Å². The van der Waals surface area contributed by atoms with Crippen molar-refractivity contribution in [3.8, 4) is 0 Å². The number of hydrogen-bond donors (Lipinski definition) is 2. The predicted molar refractivity (Wildman–Crippen MR) is 103 cm³/mol. The lowest BCUT2D eigenvalue weighted by atomic mass is 10.2. The van der Waals surface area contributed by atoms with E-state index in [2.05, 4.69) is 42.7 Å². The van der Waals surface area contributed by atoms with E-state index < -0.39 is 23.8 Å². The van der Waals surface area contributed by atoms with Crippen LogP contribution in [0.4, 0.5) is 4.79 Å². The van der Waals surface area contributed by atoms with Crippen LogP contribution in [0.3, 0.4) is 0 Å². The van der Waals surface area contributed by atoms with Gasteiger partial charge in [-0.15, -0.1) is 5.06 Å². The second-order valence-electron chi connectivity index (χ2n) is 5.31. The Morgan fingerprint density at radius 3 is 2.07 bits per heavy atom. The third kappa shape index (κ3) is 13.0. The summed E-state index contributed by atoms with van der Waals surface area (Å²) in [5.41, 5.74) is 5.50. The van der Waals surface area contributed by atoms with Gasteiger partial charge in [-0.3, -0.25) is 14.4 Å². The topological polar surface area (TPSA) is 122 Å². The maximum Gasteiger partial charge on any atom is 0.431 e. The smallest absolute Gasteiger partial charge is 0.366 e. The molecule has 0 unspecified atom stereocenters. The van der Waals surface area contributed by atoms with Gasteiger partial charge in [0.25, 0.3) is 11.8 Å². The number of allylic oxidation sites excluding steroid dienone is 3. The molecule has 1 rings (SSSR count). The van der Waals surface area contributed by atoms with Gasteiger partial charge in [0, 0.05) is 25.5 Å². The van der Waals surface area contributed by atoms with Crippen LogP contribution in [-0.2, 0) is 19.2 Å². The number of carbonyl (C=O) groups is 4. The molecule has 0 aliphatic carbocycles. The van der Waals surface area contributed by atoms with Crippen molar-refractivity contribution in [3.63, 3.8) is 0 Å². The predicted octanol–water partition coefficient (Wildman–Crippen LogP) is 1.13. The summed E-state index contributed by atoms with van der Waals surface area (Å²) in [7, 11) is 5.45. The normalized spacial score (nSPS) is 13.6. The zero-order valence-electron chi connectivity index (χ0n) is 16.7. The molecule has 0 saturated carbocycles. The molecule has 0 spiro atoms. The Morgan fingerprint density at radius 2 is 1.78 bits per heavy atom. The summed E-state index contributed by atoms with van der Waals surface area (Å²) in [5.74, 6) is -1.38. The van der Waals surface area contributed by atoms with Crippen molar-refractivity contribution in [2.45, 2.75) is 26.7 Å². The minimum atomic E-state index is -0.821. The van der Waals surface area contributed by atoms with Crippen LogP contribution in [-0.4, -0.2) is 61.5 Å². The van der Waals surface area contributed by atoms with E-state index >= 15 is 0 Å². The molecule has 1 saturated heterocycles. The van der Waals surface area contributed by atoms with E-state index in [4.69, 9.17) is 5.73 Å². The van der Waals surface area contributed by atoms with Crippen LogP contribution in [0.25, 0.3) is 0 Å². The summed E-state index contributed by atoms with van der Waals surface area (Å²) in [6, 6.07) is 0. The van der Waals surface area contributed by atoms with Gasteiger partial charge in [-0.25, -0.2) is 4.79 Å². The Labute approximate surface area is 160 Å². The molecule has 0 aromatic carbocycles. The lowest BCUT2D eigenvalue weighted by molar-refractivity contribution is -0.171. The Balaban J connectivity index is 0. The van der Waals surface area contributed by atoms with Gasteiger partial charge in [-0.05, 0) is 33.6 Å². The number of nitrogens with two attached hydrogens (primary N) is 1. The van der Waals surface area contributed by atoms with Gasteiger partial charge in [0.15, 0.2) is 0 Å². The first kappa shape index (κ1) is 26.3. The van der Waals surface area contributed by atoms with Crippen LogP contribution < -0.4 is 11.1 Å². The highest BCUT2D eigenvalue weighted by molar-refractivity contribution is 6.01. The molecule has 3 N–H and O–H groups in total. The van der Waals surface area contributed by atoms with Crippen molar-refractivity contribution >= 4 is 23.8 Å². The largest absolute Gasteiger partial charge is 0.431 e. The van der Waals surface area contributed by atoms with Gasteiger partial charge in [-0.2, -0.15) is 0 Å². The third-order valence-corrected chi connectivity index (χ3v) is 3.02. The van der Waals surface area contributed by atoms with Gasteiger partial charge < -0.3 is 20.8 Å². The van der Waals surface area contributed by atoms with Gasteiger partial charge in [-0.1, -0.05) is 31.7 Å². The number of amides is 4. The maximum absolute atomic E-state index is 10.8. The van der Waals surface area contributed by atoms with Crippen molar-refractivity contribution in [1.82, 2.24) is 15.3 Å². The molecule has 1 heterocycles. The second-order valence-corrected chi connectivity index (χ2v) is 5.31. The first-order valence-corrected chi connectivity index (χ1v) is 8.29. The van der Waals surface area contributed by atoms with Crippen LogP contribution in [0.1, 0.15) is 26.7 Å². The highest BCUT2D eigenvalue weighted by atomic mass is 16.7. The number of carbonyl (C=O) groups excluding carboxylic acids is 4. The van der Waals surface area contributed by atoms with Crippen molar-refractivity contribution in [3.05, 3.63) is 36.5 Å². The van der Waals surface area contributed by atoms with Crippen LogP contribution in [0.5, 0.6) is 0 Å². The molecule has 1 fully saturated rings. The van der Waals surface area contributed by atoms with Gasteiger partial charge >= 0.3 is 6.09 Å². The molecular formula is C18H30N4O5. The molecule has 0 bridgehead atoms. The Kier molecular flexibility index (Phi) is 14.9. The third-order valence-electron chi connectivity index (χ3n) is 3.02. The number of hydroxylamine groups is 2. The van der Waals surface area contributed by atoms with Crippen LogP contribution >= 0.6 is 0 Å². The summed E-state index contributed by atoms with van der Waals surface area (Å²) in [4.78, 5) is 49.3. The van der Waals surface area contributed by atoms with Crippen molar-refractivity contribution in [1.29, 1.82) is 0 Å². The number of primary amides is 1. The average Bonchev–Trinajstić information content (AvgIpc) is 2.95.